The molecule has 0 radical (unpaired) electrons. The molecule has 0 bridgehead atoms. The molecule has 0 N–H and O–H groups in total. The highest BCUT2D eigenvalue weighted by Crippen LogP contribution is 2.39. The van der Waals surface area contributed by atoms with Crippen LogP contribution in [0.15, 0.2) is 156 Å². The molecular formula is C41H25N3O. The highest BCUT2D eigenvalue weighted by atomic mass is 16.3. The van der Waals surface area contributed by atoms with E-state index in [2.05, 4.69) is 91.0 Å². The van der Waals surface area contributed by atoms with E-state index in [1.807, 2.05) is 60.7 Å². The van der Waals surface area contributed by atoms with Gasteiger partial charge in [-0.15, -0.1) is 0 Å². The molecule has 4 nitrogen and oxygen atoms in total. The summed E-state index contributed by atoms with van der Waals surface area (Å²) < 4.78 is 6.39. The second-order valence-corrected chi connectivity index (χ2v) is 11.2. The number of fused-ring (bicyclic) bond motifs is 6. The third-order valence-corrected chi connectivity index (χ3v) is 8.53. The quantitative estimate of drug-likeness (QED) is 0.209. The van der Waals surface area contributed by atoms with Crippen LogP contribution in [0.5, 0.6) is 0 Å². The van der Waals surface area contributed by atoms with Gasteiger partial charge in [0.1, 0.15) is 11.2 Å². The summed E-state index contributed by atoms with van der Waals surface area (Å²) in [6.45, 7) is 0. The predicted octanol–water partition coefficient (Wildman–Crippen LogP) is 10.7. The normalized spacial score (nSPS) is 11.6. The van der Waals surface area contributed by atoms with E-state index < -0.39 is 0 Å². The van der Waals surface area contributed by atoms with E-state index >= 15 is 0 Å². The van der Waals surface area contributed by atoms with Crippen LogP contribution in [0.25, 0.3) is 88.8 Å². The zero-order chi connectivity index (χ0) is 29.7. The van der Waals surface area contributed by atoms with Crippen molar-refractivity contribution in [1.82, 2.24) is 15.0 Å². The topological polar surface area (TPSA) is 51.8 Å². The van der Waals surface area contributed by atoms with Crippen LogP contribution in [0.3, 0.4) is 0 Å². The van der Waals surface area contributed by atoms with E-state index in [9.17, 15) is 0 Å². The van der Waals surface area contributed by atoms with Gasteiger partial charge in [0, 0.05) is 32.8 Å². The zero-order valence-corrected chi connectivity index (χ0v) is 24.2. The molecule has 0 saturated carbocycles. The molecule has 0 unspecified atom stereocenters. The maximum absolute atomic E-state index is 6.39. The molecule has 9 aromatic rings. The third-order valence-electron chi connectivity index (χ3n) is 8.53. The number of rotatable bonds is 4. The molecule has 0 spiro atoms. The predicted molar refractivity (Wildman–Crippen MR) is 184 cm³/mol. The second kappa shape index (κ2) is 10.2. The summed E-state index contributed by atoms with van der Waals surface area (Å²) in [5.41, 5.74) is 6.96. The van der Waals surface area contributed by atoms with Crippen molar-refractivity contribution in [1.29, 1.82) is 0 Å². The highest BCUT2D eigenvalue weighted by molar-refractivity contribution is 6.16. The fraction of sp³-hybridized carbons (Fsp3) is 0. The first-order chi connectivity index (χ1) is 22.3. The Labute approximate surface area is 259 Å². The van der Waals surface area contributed by atoms with Crippen molar-refractivity contribution in [3.63, 3.8) is 0 Å². The van der Waals surface area contributed by atoms with Gasteiger partial charge in [-0.2, -0.15) is 0 Å². The smallest absolute Gasteiger partial charge is 0.164 e. The van der Waals surface area contributed by atoms with Gasteiger partial charge < -0.3 is 4.42 Å². The van der Waals surface area contributed by atoms with E-state index in [1.54, 1.807) is 0 Å². The summed E-state index contributed by atoms with van der Waals surface area (Å²) in [6.07, 6.45) is 0. The van der Waals surface area contributed by atoms with Gasteiger partial charge in [-0.05, 0) is 45.5 Å². The van der Waals surface area contributed by atoms with Crippen LogP contribution >= 0.6 is 0 Å². The second-order valence-electron chi connectivity index (χ2n) is 11.2. The first-order valence-corrected chi connectivity index (χ1v) is 15.0. The Morgan fingerprint density at radius 2 is 0.956 bits per heavy atom. The number of aromatic nitrogens is 3. The van der Waals surface area contributed by atoms with Crippen LogP contribution in [0.1, 0.15) is 0 Å². The van der Waals surface area contributed by atoms with Crippen LogP contribution in [-0.2, 0) is 0 Å². The molecular weight excluding hydrogens is 550 g/mol. The Morgan fingerprint density at radius 1 is 0.356 bits per heavy atom. The largest absolute Gasteiger partial charge is 0.455 e. The van der Waals surface area contributed by atoms with Crippen molar-refractivity contribution in [2.45, 2.75) is 0 Å². The molecule has 0 amide bonds. The molecule has 210 valence electrons. The van der Waals surface area contributed by atoms with E-state index in [0.29, 0.717) is 17.5 Å². The van der Waals surface area contributed by atoms with Gasteiger partial charge in [0.05, 0.1) is 0 Å². The van der Waals surface area contributed by atoms with Gasteiger partial charge >= 0.3 is 0 Å². The van der Waals surface area contributed by atoms with Crippen molar-refractivity contribution >= 4 is 43.5 Å². The Balaban J connectivity index is 1.23. The van der Waals surface area contributed by atoms with Crippen LogP contribution in [0.2, 0.25) is 0 Å². The van der Waals surface area contributed by atoms with Gasteiger partial charge in [-0.3, -0.25) is 0 Å². The molecule has 7 aromatic carbocycles. The Kier molecular flexibility index (Phi) is 5.78. The SMILES string of the molecule is c1ccc(-c2nc(-c3ccccc3)nc(-c3cccc4c(-c5ccc6oc7c8ccccc8ccc7c6c5)cccc34)n2)cc1. The minimum atomic E-state index is 0.647. The number of hydrogen-bond donors (Lipinski definition) is 0. The fourth-order valence-corrected chi connectivity index (χ4v) is 6.36. The van der Waals surface area contributed by atoms with Crippen molar-refractivity contribution in [2.75, 3.05) is 0 Å². The number of hydrogen-bond acceptors (Lipinski definition) is 4. The molecule has 0 atom stereocenters. The molecule has 45 heavy (non-hydrogen) atoms. The number of furan rings is 1. The van der Waals surface area contributed by atoms with Crippen LogP contribution in [0.4, 0.5) is 0 Å². The molecule has 4 heteroatoms. The maximum Gasteiger partial charge on any atom is 0.164 e. The highest BCUT2D eigenvalue weighted by Gasteiger charge is 2.16. The molecule has 0 saturated heterocycles. The van der Waals surface area contributed by atoms with Gasteiger partial charge in [0.15, 0.2) is 17.5 Å². The summed E-state index contributed by atoms with van der Waals surface area (Å²) in [5.74, 6) is 1.95. The lowest BCUT2D eigenvalue weighted by atomic mass is 9.94. The first-order valence-electron chi connectivity index (χ1n) is 15.0. The van der Waals surface area contributed by atoms with Gasteiger partial charge in [0.25, 0.3) is 0 Å². The summed E-state index contributed by atoms with van der Waals surface area (Å²) in [7, 11) is 0. The average Bonchev–Trinajstić information content (AvgIpc) is 3.50. The molecule has 2 heterocycles. The summed E-state index contributed by atoms with van der Waals surface area (Å²) >= 11 is 0. The van der Waals surface area contributed by atoms with E-state index in [0.717, 1.165) is 65.9 Å². The Morgan fingerprint density at radius 3 is 1.69 bits per heavy atom. The number of nitrogens with zero attached hydrogens (tertiary/aromatic N) is 3. The fourth-order valence-electron chi connectivity index (χ4n) is 6.36. The molecule has 0 fully saturated rings. The first kappa shape index (κ1) is 25.4. The van der Waals surface area contributed by atoms with Gasteiger partial charge in [-0.25, -0.2) is 15.0 Å². The van der Waals surface area contributed by atoms with Crippen molar-refractivity contribution in [3.05, 3.63) is 152 Å². The monoisotopic (exact) mass is 575 g/mol. The maximum atomic E-state index is 6.39. The van der Waals surface area contributed by atoms with Crippen molar-refractivity contribution in [2.24, 2.45) is 0 Å². The summed E-state index contributed by atoms with van der Waals surface area (Å²) in [4.78, 5) is 14.9. The third kappa shape index (κ3) is 4.27. The molecule has 0 aliphatic rings. The average molecular weight is 576 g/mol. The summed E-state index contributed by atoms with van der Waals surface area (Å²) in [5, 5.41) is 6.76. The van der Waals surface area contributed by atoms with E-state index in [4.69, 9.17) is 19.4 Å². The van der Waals surface area contributed by atoms with E-state index in [-0.39, 0.29) is 0 Å². The van der Waals surface area contributed by atoms with Crippen molar-refractivity contribution < 1.29 is 4.42 Å². The van der Waals surface area contributed by atoms with Gasteiger partial charge in [0.2, 0.25) is 0 Å². The Hall–Kier alpha value is -6.13. The van der Waals surface area contributed by atoms with Crippen LogP contribution in [-0.4, -0.2) is 15.0 Å². The number of benzene rings is 7. The van der Waals surface area contributed by atoms with Crippen LogP contribution < -0.4 is 0 Å². The lowest BCUT2D eigenvalue weighted by Crippen LogP contribution is -2.00. The minimum Gasteiger partial charge on any atom is -0.455 e. The standard InChI is InChI=1S/C41H25N3O/c1-3-12-27(13-4-1)39-42-40(28-14-5-2-6-15-28)44-41(43-39)35-20-10-18-32-30(17-9-19-33(32)35)29-22-24-37-36(25-29)34-23-21-26-11-7-8-16-31(26)38(34)45-37/h1-25H. The minimum absolute atomic E-state index is 0.647. The molecule has 9 rings (SSSR count). The lowest BCUT2D eigenvalue weighted by molar-refractivity contribution is 0.672. The van der Waals surface area contributed by atoms with Gasteiger partial charge in [-0.1, -0.05) is 133 Å². The van der Waals surface area contributed by atoms with Crippen molar-refractivity contribution in [3.8, 4) is 45.3 Å². The molecule has 0 aliphatic heterocycles. The van der Waals surface area contributed by atoms with Crippen LogP contribution in [0, 0.1) is 0 Å². The Bertz CT molecular complexity index is 2480. The zero-order valence-electron chi connectivity index (χ0n) is 24.2. The molecule has 2 aromatic heterocycles. The summed E-state index contributed by atoms with van der Waals surface area (Å²) in [6, 6.07) is 52.2. The van der Waals surface area contributed by atoms with E-state index in [1.165, 1.54) is 5.39 Å². The lowest BCUT2D eigenvalue weighted by Gasteiger charge is -2.12. The molecule has 0 aliphatic carbocycles.